The Morgan fingerprint density at radius 3 is 1.55 bits per heavy atom. The van der Waals surface area contributed by atoms with E-state index in [9.17, 15) is 19.2 Å². The summed E-state index contributed by atoms with van der Waals surface area (Å²) in [6.45, 7) is 0. The maximum Gasteiger partial charge on any atom is 0.240 e. The van der Waals surface area contributed by atoms with Crippen LogP contribution in [0.15, 0.2) is 74.6 Å². The van der Waals surface area contributed by atoms with Gasteiger partial charge in [0, 0.05) is 10.8 Å². The van der Waals surface area contributed by atoms with Crippen molar-refractivity contribution in [2.75, 3.05) is 0 Å². The molecule has 3 aromatic carbocycles. The van der Waals surface area contributed by atoms with Gasteiger partial charge in [-0.05, 0) is 30.3 Å². The number of nitrogens with zero attached hydrogens (tertiary/aromatic N) is 4. The Morgan fingerprint density at radius 1 is 0.586 bits per heavy atom. The molecule has 0 spiro atoms. The summed E-state index contributed by atoms with van der Waals surface area (Å²) in [5.74, 6) is 0. The van der Waals surface area contributed by atoms with Gasteiger partial charge in [-0.3, -0.25) is 0 Å². The average molecular weight is 405 g/mol. The van der Waals surface area contributed by atoms with Gasteiger partial charge in [0.2, 0.25) is 24.3 Å². The van der Waals surface area contributed by atoms with Crippen molar-refractivity contribution in [1.29, 1.82) is 0 Å². The highest BCUT2D eigenvalue weighted by atomic mass is 35.5. The van der Waals surface area contributed by atoms with E-state index in [1.165, 1.54) is 42.5 Å². The fraction of sp³-hybridized carbons (Fsp3) is 0. The second-order valence-electron chi connectivity index (χ2n) is 5.10. The van der Waals surface area contributed by atoms with Crippen LogP contribution in [-0.2, 0) is 19.2 Å². The van der Waals surface area contributed by atoms with E-state index >= 15 is 0 Å². The Bertz CT molecular complexity index is 1190. The van der Waals surface area contributed by atoms with Crippen molar-refractivity contribution in [2.24, 2.45) is 20.0 Å². The van der Waals surface area contributed by atoms with Crippen molar-refractivity contribution in [3.8, 4) is 0 Å². The number of rotatable bonds is 4. The first-order valence-electron chi connectivity index (χ1n) is 7.77. The van der Waals surface area contributed by atoms with Gasteiger partial charge < -0.3 is 0 Å². The van der Waals surface area contributed by atoms with Crippen LogP contribution in [0.25, 0.3) is 10.8 Å². The summed E-state index contributed by atoms with van der Waals surface area (Å²) in [6.07, 6.45) is 5.70. The number of isocyanates is 4. The van der Waals surface area contributed by atoms with Crippen LogP contribution in [0.1, 0.15) is 0 Å². The highest BCUT2D eigenvalue weighted by Gasteiger charge is 2.04. The van der Waals surface area contributed by atoms with Crippen molar-refractivity contribution in [2.45, 2.75) is 0 Å². The molecule has 0 saturated heterocycles. The third-order valence-corrected chi connectivity index (χ3v) is 3.80. The van der Waals surface area contributed by atoms with Gasteiger partial charge >= 0.3 is 0 Å². The van der Waals surface area contributed by atoms with E-state index in [0.29, 0.717) is 22.1 Å². The van der Waals surface area contributed by atoms with E-state index in [1.54, 1.807) is 24.3 Å². The van der Waals surface area contributed by atoms with Gasteiger partial charge in [-0.25, -0.2) is 19.2 Å². The Balaban J connectivity index is 0.000000212. The largest absolute Gasteiger partial charge is 0.240 e. The molecule has 0 aliphatic carbocycles. The maximum atomic E-state index is 10.3. The van der Waals surface area contributed by atoms with Crippen molar-refractivity contribution in [3.05, 3.63) is 59.6 Å². The van der Waals surface area contributed by atoms with Crippen LogP contribution >= 0.6 is 11.6 Å². The highest BCUT2D eigenvalue weighted by molar-refractivity contribution is 6.33. The molecular formula is C20H9ClN4O4. The molecule has 0 atom stereocenters. The summed E-state index contributed by atoms with van der Waals surface area (Å²) in [4.78, 5) is 54.2. The van der Waals surface area contributed by atoms with Crippen LogP contribution in [0.3, 0.4) is 0 Å². The number of hydrogen-bond acceptors (Lipinski definition) is 8. The summed E-state index contributed by atoms with van der Waals surface area (Å²) < 4.78 is 0. The molecule has 0 radical (unpaired) electrons. The quantitative estimate of drug-likeness (QED) is 0.446. The second-order valence-corrected chi connectivity index (χ2v) is 5.50. The van der Waals surface area contributed by atoms with Gasteiger partial charge in [0.1, 0.15) is 0 Å². The third-order valence-electron chi connectivity index (χ3n) is 3.48. The molecule has 0 amide bonds. The number of halogens is 1. The van der Waals surface area contributed by atoms with Gasteiger partial charge in [-0.15, -0.1) is 0 Å². The fourth-order valence-electron chi connectivity index (χ4n) is 2.32. The third kappa shape index (κ3) is 5.60. The van der Waals surface area contributed by atoms with Crippen molar-refractivity contribution < 1.29 is 19.2 Å². The van der Waals surface area contributed by atoms with Gasteiger partial charge in [0.05, 0.1) is 27.8 Å². The molecule has 3 aromatic rings. The summed E-state index contributed by atoms with van der Waals surface area (Å²) >= 11 is 5.66. The van der Waals surface area contributed by atoms with Crippen LogP contribution in [0, 0.1) is 0 Å². The number of benzene rings is 3. The molecule has 0 bridgehead atoms. The molecule has 9 heteroatoms. The minimum atomic E-state index is 0.230. The van der Waals surface area contributed by atoms with Gasteiger partial charge in [-0.1, -0.05) is 35.9 Å². The molecule has 0 N–H and O–H groups in total. The first-order chi connectivity index (χ1) is 14.1. The normalized spacial score (nSPS) is 8.86. The summed E-state index contributed by atoms with van der Waals surface area (Å²) in [6, 6.07) is 14.8. The van der Waals surface area contributed by atoms with E-state index in [1.807, 2.05) is 12.1 Å². The molecule has 0 aliphatic heterocycles. The van der Waals surface area contributed by atoms with Crippen molar-refractivity contribution in [3.63, 3.8) is 0 Å². The zero-order chi connectivity index (χ0) is 21.1. The Morgan fingerprint density at radius 2 is 1.07 bits per heavy atom. The lowest BCUT2D eigenvalue weighted by Crippen LogP contribution is -1.75. The van der Waals surface area contributed by atoms with E-state index in [-0.39, 0.29) is 5.69 Å². The number of hydrogen-bond donors (Lipinski definition) is 0. The summed E-state index contributed by atoms with van der Waals surface area (Å²) in [7, 11) is 0. The lowest BCUT2D eigenvalue weighted by atomic mass is 10.1. The first kappa shape index (κ1) is 21.0. The maximum absolute atomic E-state index is 10.3. The van der Waals surface area contributed by atoms with Gasteiger partial charge in [0.15, 0.2) is 0 Å². The minimum absolute atomic E-state index is 0.230. The van der Waals surface area contributed by atoms with E-state index in [2.05, 4.69) is 20.0 Å². The molecule has 0 fully saturated rings. The van der Waals surface area contributed by atoms with Crippen LogP contribution in [0.5, 0.6) is 0 Å². The average Bonchev–Trinajstić information content (AvgIpc) is 2.73. The first-order valence-corrected chi connectivity index (χ1v) is 8.15. The predicted octanol–water partition coefficient (Wildman–Crippen LogP) is 5.05. The molecular weight excluding hydrogens is 396 g/mol. The Labute approximate surface area is 168 Å². The predicted molar refractivity (Wildman–Crippen MR) is 107 cm³/mol. The van der Waals surface area contributed by atoms with E-state index < -0.39 is 0 Å². The molecule has 0 heterocycles. The smallest absolute Gasteiger partial charge is 0.211 e. The summed E-state index contributed by atoms with van der Waals surface area (Å²) in [5, 5.41) is 1.80. The monoisotopic (exact) mass is 404 g/mol. The highest BCUT2D eigenvalue weighted by Crippen LogP contribution is 2.32. The van der Waals surface area contributed by atoms with Crippen molar-refractivity contribution >= 4 is 69.4 Å². The lowest BCUT2D eigenvalue weighted by Gasteiger charge is -2.02. The molecule has 29 heavy (non-hydrogen) atoms. The number of fused-ring (bicyclic) bond motifs is 1. The molecule has 3 rings (SSSR count). The van der Waals surface area contributed by atoms with Crippen LogP contribution < -0.4 is 0 Å². The van der Waals surface area contributed by atoms with Crippen LogP contribution in [-0.4, -0.2) is 24.3 Å². The second kappa shape index (κ2) is 10.8. The molecule has 0 aliphatic rings. The fourth-order valence-corrected chi connectivity index (χ4v) is 2.48. The molecule has 0 aromatic heterocycles. The number of aliphatic imine (C=N–C) groups is 4. The Kier molecular flexibility index (Phi) is 7.82. The lowest BCUT2D eigenvalue weighted by molar-refractivity contribution is 0.564. The molecule has 0 saturated carbocycles. The summed E-state index contributed by atoms with van der Waals surface area (Å²) in [5.41, 5.74) is 1.59. The standard InChI is InChI=1S/C12H6N2O2.C8H3ClN2O2/c15-7-13-11-5-6-12(14-8-16)10-4-2-1-3-9(10)11;9-7-2-1-6(10-4-12)3-8(7)11-5-13/h1-6H;1-3H. The van der Waals surface area contributed by atoms with Gasteiger partial charge in [0.25, 0.3) is 0 Å². The zero-order valence-corrected chi connectivity index (χ0v) is 15.3. The zero-order valence-electron chi connectivity index (χ0n) is 14.5. The Hall–Kier alpha value is -4.27. The topological polar surface area (TPSA) is 118 Å². The van der Waals surface area contributed by atoms with Gasteiger partial charge in [-0.2, -0.15) is 20.0 Å². The molecule has 0 unspecified atom stereocenters. The van der Waals surface area contributed by atoms with Crippen LogP contribution in [0.4, 0.5) is 22.7 Å². The van der Waals surface area contributed by atoms with E-state index in [0.717, 1.165) is 10.8 Å². The van der Waals surface area contributed by atoms with E-state index in [4.69, 9.17) is 11.6 Å². The molecule has 8 nitrogen and oxygen atoms in total. The SMILES string of the molecule is O=C=Nc1ccc(Cl)c(N=C=O)c1.O=C=Nc1ccc(N=C=O)c2ccccc12. The van der Waals surface area contributed by atoms with Crippen molar-refractivity contribution in [1.82, 2.24) is 0 Å². The minimum Gasteiger partial charge on any atom is -0.211 e. The van der Waals surface area contributed by atoms with Crippen LogP contribution in [0.2, 0.25) is 5.02 Å². The molecule has 140 valence electrons. The number of carbonyl (C=O) groups excluding carboxylic acids is 4.